The minimum Gasteiger partial charge on any atom is -0.406 e. The normalized spacial score (nSPS) is 11.0. The summed E-state index contributed by atoms with van der Waals surface area (Å²) in [5.41, 5.74) is 1.08. The van der Waals surface area contributed by atoms with Crippen molar-refractivity contribution >= 4 is 11.7 Å². The molecule has 0 aliphatic rings. The van der Waals surface area contributed by atoms with E-state index in [9.17, 15) is 0 Å². The van der Waals surface area contributed by atoms with Crippen LogP contribution in [0.1, 0.15) is 39.5 Å². The number of hydrogen-bond donors (Lipinski definition) is 1. The SMILES string of the molecule is CCCCN(c1ccccc1)c1nnc(CNC(C)C)o1. The Hall–Kier alpha value is -1.88. The zero-order valence-electron chi connectivity index (χ0n) is 13.0. The molecule has 5 heteroatoms. The molecule has 0 fully saturated rings. The molecule has 0 spiro atoms. The molecule has 114 valence electrons. The van der Waals surface area contributed by atoms with Gasteiger partial charge >= 0.3 is 6.01 Å². The van der Waals surface area contributed by atoms with Gasteiger partial charge in [0.05, 0.1) is 6.54 Å². The quantitative estimate of drug-likeness (QED) is 0.805. The molecule has 1 N–H and O–H groups in total. The van der Waals surface area contributed by atoms with Gasteiger partial charge in [0.2, 0.25) is 5.89 Å². The van der Waals surface area contributed by atoms with Crippen LogP contribution >= 0.6 is 0 Å². The zero-order chi connectivity index (χ0) is 15.1. The Kier molecular flexibility index (Phi) is 5.75. The van der Waals surface area contributed by atoms with Gasteiger partial charge in [-0.05, 0) is 18.6 Å². The summed E-state index contributed by atoms with van der Waals surface area (Å²) in [6, 6.07) is 11.1. The van der Waals surface area contributed by atoms with Gasteiger partial charge in [0.1, 0.15) is 0 Å². The Morgan fingerprint density at radius 1 is 1.19 bits per heavy atom. The number of benzene rings is 1. The van der Waals surface area contributed by atoms with Crippen molar-refractivity contribution in [3.8, 4) is 0 Å². The number of nitrogens with zero attached hydrogens (tertiary/aromatic N) is 3. The smallest absolute Gasteiger partial charge is 0.322 e. The lowest BCUT2D eigenvalue weighted by atomic mass is 10.2. The summed E-state index contributed by atoms with van der Waals surface area (Å²) in [5.74, 6) is 0.621. The summed E-state index contributed by atoms with van der Waals surface area (Å²) >= 11 is 0. The minimum absolute atomic E-state index is 0.394. The van der Waals surface area contributed by atoms with Gasteiger partial charge in [-0.2, -0.15) is 0 Å². The summed E-state index contributed by atoms with van der Waals surface area (Å²) in [6.07, 6.45) is 2.20. The maximum absolute atomic E-state index is 5.79. The van der Waals surface area contributed by atoms with Gasteiger partial charge in [0.15, 0.2) is 0 Å². The molecule has 0 saturated heterocycles. The molecule has 0 bridgehead atoms. The van der Waals surface area contributed by atoms with E-state index in [0.717, 1.165) is 25.1 Å². The van der Waals surface area contributed by atoms with E-state index in [1.54, 1.807) is 0 Å². The molecule has 1 aromatic carbocycles. The first-order chi connectivity index (χ1) is 10.2. The second-order valence-electron chi connectivity index (χ2n) is 5.35. The van der Waals surface area contributed by atoms with Crippen molar-refractivity contribution in [2.75, 3.05) is 11.4 Å². The van der Waals surface area contributed by atoms with Crippen LogP contribution in [-0.2, 0) is 6.54 Å². The fourth-order valence-electron chi connectivity index (χ4n) is 1.98. The van der Waals surface area contributed by atoms with Crippen LogP contribution in [0.25, 0.3) is 0 Å². The lowest BCUT2D eigenvalue weighted by molar-refractivity contribution is 0.451. The third kappa shape index (κ3) is 4.56. The van der Waals surface area contributed by atoms with E-state index in [4.69, 9.17) is 4.42 Å². The second-order valence-corrected chi connectivity index (χ2v) is 5.35. The van der Waals surface area contributed by atoms with Crippen molar-refractivity contribution in [2.24, 2.45) is 0 Å². The third-order valence-electron chi connectivity index (χ3n) is 3.15. The molecule has 0 atom stereocenters. The van der Waals surface area contributed by atoms with Crippen LogP contribution in [0.3, 0.4) is 0 Å². The molecule has 2 rings (SSSR count). The highest BCUT2D eigenvalue weighted by Crippen LogP contribution is 2.24. The lowest BCUT2D eigenvalue weighted by Gasteiger charge is -2.19. The average molecular weight is 288 g/mol. The van der Waals surface area contributed by atoms with Gasteiger partial charge in [-0.3, -0.25) is 4.90 Å². The molecule has 21 heavy (non-hydrogen) atoms. The Morgan fingerprint density at radius 2 is 1.95 bits per heavy atom. The number of aromatic nitrogens is 2. The van der Waals surface area contributed by atoms with Gasteiger partial charge in [-0.1, -0.05) is 50.5 Å². The molecule has 1 heterocycles. The Labute approximate surface area is 126 Å². The van der Waals surface area contributed by atoms with Crippen LogP contribution in [0.5, 0.6) is 0 Å². The number of rotatable bonds is 8. The van der Waals surface area contributed by atoms with Gasteiger partial charge in [0.25, 0.3) is 0 Å². The van der Waals surface area contributed by atoms with Gasteiger partial charge < -0.3 is 9.73 Å². The Morgan fingerprint density at radius 3 is 2.62 bits per heavy atom. The number of nitrogens with one attached hydrogen (secondary N) is 1. The van der Waals surface area contributed by atoms with E-state index in [2.05, 4.69) is 53.3 Å². The highest BCUT2D eigenvalue weighted by atomic mass is 16.4. The van der Waals surface area contributed by atoms with Crippen LogP contribution < -0.4 is 10.2 Å². The fourth-order valence-corrected chi connectivity index (χ4v) is 1.98. The summed E-state index contributed by atoms with van der Waals surface area (Å²) < 4.78 is 5.79. The van der Waals surface area contributed by atoms with Crippen molar-refractivity contribution < 1.29 is 4.42 Å². The highest BCUT2D eigenvalue weighted by Gasteiger charge is 2.16. The number of para-hydroxylation sites is 1. The van der Waals surface area contributed by atoms with Crippen LogP contribution in [0, 0.1) is 0 Å². The van der Waals surface area contributed by atoms with E-state index in [0.29, 0.717) is 24.5 Å². The molecule has 0 amide bonds. The number of unbranched alkanes of at least 4 members (excludes halogenated alkanes) is 1. The van der Waals surface area contributed by atoms with E-state index in [-0.39, 0.29) is 0 Å². The maximum atomic E-state index is 5.79. The van der Waals surface area contributed by atoms with E-state index < -0.39 is 0 Å². The summed E-state index contributed by atoms with van der Waals surface area (Å²) in [7, 11) is 0. The minimum atomic E-state index is 0.394. The standard InChI is InChI=1S/C16H24N4O/c1-4-5-11-20(14-9-7-6-8-10-14)16-19-18-15(21-16)12-17-13(2)3/h6-10,13,17H,4-5,11-12H2,1-3H3. The molecule has 1 aromatic heterocycles. The van der Waals surface area contributed by atoms with E-state index in [1.165, 1.54) is 0 Å². The van der Waals surface area contributed by atoms with Crippen LogP contribution in [0.15, 0.2) is 34.7 Å². The molecule has 0 aliphatic carbocycles. The molecule has 0 unspecified atom stereocenters. The third-order valence-corrected chi connectivity index (χ3v) is 3.15. The fraction of sp³-hybridized carbons (Fsp3) is 0.500. The molecule has 2 aromatic rings. The number of hydrogen-bond acceptors (Lipinski definition) is 5. The summed E-state index contributed by atoms with van der Waals surface area (Å²) in [5, 5.41) is 11.6. The maximum Gasteiger partial charge on any atom is 0.322 e. The molecular formula is C16H24N4O. The van der Waals surface area contributed by atoms with Gasteiger partial charge in [0, 0.05) is 18.3 Å². The molecule has 0 radical (unpaired) electrons. The van der Waals surface area contributed by atoms with Crippen molar-refractivity contribution in [1.82, 2.24) is 15.5 Å². The van der Waals surface area contributed by atoms with Crippen LogP contribution in [0.2, 0.25) is 0 Å². The first kappa shape index (κ1) is 15.5. The Balaban J connectivity index is 2.13. The first-order valence-electron chi connectivity index (χ1n) is 7.59. The van der Waals surface area contributed by atoms with Crippen molar-refractivity contribution in [2.45, 2.75) is 46.2 Å². The second kappa shape index (κ2) is 7.78. The largest absolute Gasteiger partial charge is 0.406 e. The molecule has 5 nitrogen and oxygen atoms in total. The predicted molar refractivity (Wildman–Crippen MR) is 84.6 cm³/mol. The lowest BCUT2D eigenvalue weighted by Crippen LogP contribution is -2.22. The topological polar surface area (TPSA) is 54.2 Å². The highest BCUT2D eigenvalue weighted by molar-refractivity contribution is 5.55. The van der Waals surface area contributed by atoms with Gasteiger partial charge in [-0.15, -0.1) is 5.10 Å². The van der Waals surface area contributed by atoms with Gasteiger partial charge in [-0.25, -0.2) is 0 Å². The average Bonchev–Trinajstić information content (AvgIpc) is 2.95. The molecular weight excluding hydrogens is 264 g/mol. The molecule has 0 aliphatic heterocycles. The van der Waals surface area contributed by atoms with Crippen molar-refractivity contribution in [3.05, 3.63) is 36.2 Å². The van der Waals surface area contributed by atoms with Crippen molar-refractivity contribution in [1.29, 1.82) is 0 Å². The number of anilines is 2. The van der Waals surface area contributed by atoms with E-state index in [1.807, 2.05) is 18.2 Å². The summed E-state index contributed by atoms with van der Waals surface area (Å²) in [4.78, 5) is 2.08. The summed E-state index contributed by atoms with van der Waals surface area (Å²) in [6.45, 7) is 7.83. The first-order valence-corrected chi connectivity index (χ1v) is 7.59. The van der Waals surface area contributed by atoms with E-state index >= 15 is 0 Å². The Bertz CT molecular complexity index is 524. The molecule has 0 saturated carbocycles. The van der Waals surface area contributed by atoms with Crippen LogP contribution in [-0.4, -0.2) is 22.8 Å². The van der Waals surface area contributed by atoms with Crippen molar-refractivity contribution in [3.63, 3.8) is 0 Å². The predicted octanol–water partition coefficient (Wildman–Crippen LogP) is 3.51. The zero-order valence-corrected chi connectivity index (χ0v) is 13.0. The monoisotopic (exact) mass is 288 g/mol. The van der Waals surface area contributed by atoms with Crippen LogP contribution in [0.4, 0.5) is 11.7 Å².